The average molecular weight is 282 g/mol. The van der Waals surface area contributed by atoms with Crippen molar-refractivity contribution in [1.29, 1.82) is 0 Å². The van der Waals surface area contributed by atoms with E-state index < -0.39 is 15.0 Å². The van der Waals surface area contributed by atoms with Crippen molar-refractivity contribution in [2.75, 3.05) is 14.2 Å². The summed E-state index contributed by atoms with van der Waals surface area (Å²) in [7, 11) is -1.98. The second-order valence-electron chi connectivity index (χ2n) is 3.53. The Labute approximate surface area is 130 Å². The number of methoxy groups -OCH3 is 2. The first-order chi connectivity index (χ1) is 7.93. The molecule has 18 heavy (non-hydrogen) atoms. The van der Waals surface area contributed by atoms with Crippen LogP contribution in [0.25, 0.3) is 0 Å². The fourth-order valence-corrected chi connectivity index (χ4v) is 2.39. The number of benzene rings is 1. The van der Waals surface area contributed by atoms with E-state index in [0.717, 1.165) is 18.4 Å². The van der Waals surface area contributed by atoms with E-state index in [1.807, 2.05) is 6.92 Å². The van der Waals surface area contributed by atoms with E-state index in [1.54, 1.807) is 12.1 Å². The third kappa shape index (κ3) is 4.13. The largest absolute Gasteiger partial charge is 1.00 e. The van der Waals surface area contributed by atoms with Crippen molar-refractivity contribution < 1.29 is 52.0 Å². The molecule has 1 aromatic carbocycles. The van der Waals surface area contributed by atoms with Crippen molar-refractivity contribution in [3.63, 3.8) is 0 Å². The van der Waals surface area contributed by atoms with Crippen LogP contribution >= 0.6 is 0 Å². The molecule has 96 valence electrons. The second kappa shape index (κ2) is 7.35. The fraction of sp³-hybridized carbons (Fsp3) is 0.455. The minimum Gasteiger partial charge on any atom is -0.744 e. The number of aryl methyl sites for hydroxylation is 1. The number of ether oxygens (including phenoxy) is 2. The van der Waals surface area contributed by atoms with Gasteiger partial charge < -0.3 is 14.0 Å². The van der Waals surface area contributed by atoms with E-state index >= 15 is 0 Å². The Hall–Kier alpha value is -0.270. The van der Waals surface area contributed by atoms with Gasteiger partial charge in [-0.1, -0.05) is 13.3 Å². The minimum absolute atomic E-state index is 0. The molecule has 0 heterocycles. The van der Waals surface area contributed by atoms with Gasteiger partial charge in [-0.05, 0) is 24.1 Å². The Kier molecular flexibility index (Phi) is 7.24. The molecule has 7 heteroatoms. The summed E-state index contributed by atoms with van der Waals surface area (Å²) in [6.45, 7) is 2.00. The molecule has 0 unspecified atom stereocenters. The van der Waals surface area contributed by atoms with Crippen LogP contribution in [0.5, 0.6) is 11.5 Å². The standard InChI is InChI=1S/C11H16O5S.Na/c1-4-5-8-6-9(15-2)11(17(12,13)14)10(7-8)16-3;/h6-7H,4-5H2,1-3H3,(H,12,13,14);/q;+1/p-1. The first-order valence-electron chi connectivity index (χ1n) is 5.14. The summed E-state index contributed by atoms with van der Waals surface area (Å²) < 4.78 is 43.3. The van der Waals surface area contributed by atoms with Crippen LogP contribution in [0.2, 0.25) is 0 Å². The molecule has 0 spiro atoms. The van der Waals surface area contributed by atoms with Crippen molar-refractivity contribution in [2.45, 2.75) is 24.7 Å². The molecule has 0 aromatic heterocycles. The number of hydrogen-bond donors (Lipinski definition) is 0. The van der Waals surface area contributed by atoms with Gasteiger partial charge >= 0.3 is 29.6 Å². The van der Waals surface area contributed by atoms with Crippen LogP contribution in [0.3, 0.4) is 0 Å². The maximum atomic E-state index is 11.1. The fourth-order valence-electron chi connectivity index (χ4n) is 1.61. The third-order valence-corrected chi connectivity index (χ3v) is 3.21. The van der Waals surface area contributed by atoms with Crippen molar-refractivity contribution in [3.8, 4) is 11.5 Å². The number of hydrogen-bond acceptors (Lipinski definition) is 5. The van der Waals surface area contributed by atoms with Gasteiger partial charge in [0.2, 0.25) is 0 Å². The molecule has 1 rings (SSSR count). The van der Waals surface area contributed by atoms with E-state index in [9.17, 15) is 13.0 Å². The molecule has 0 aliphatic carbocycles. The van der Waals surface area contributed by atoms with Crippen LogP contribution in [0.1, 0.15) is 18.9 Å². The third-order valence-electron chi connectivity index (χ3n) is 2.31. The van der Waals surface area contributed by atoms with E-state index in [1.165, 1.54) is 14.2 Å². The van der Waals surface area contributed by atoms with Crippen molar-refractivity contribution in [1.82, 2.24) is 0 Å². The topological polar surface area (TPSA) is 75.7 Å². The molecule has 0 saturated carbocycles. The van der Waals surface area contributed by atoms with E-state index in [4.69, 9.17) is 9.47 Å². The Morgan fingerprint density at radius 2 is 1.61 bits per heavy atom. The summed E-state index contributed by atoms with van der Waals surface area (Å²) in [6, 6.07) is 3.10. The smallest absolute Gasteiger partial charge is 0.744 e. The van der Waals surface area contributed by atoms with Gasteiger partial charge in [0.25, 0.3) is 0 Å². The van der Waals surface area contributed by atoms with E-state index in [-0.39, 0.29) is 41.1 Å². The second-order valence-corrected chi connectivity index (χ2v) is 4.85. The van der Waals surface area contributed by atoms with Crippen LogP contribution < -0.4 is 39.0 Å². The number of rotatable bonds is 5. The van der Waals surface area contributed by atoms with Crippen LogP contribution in [0.4, 0.5) is 0 Å². The van der Waals surface area contributed by atoms with Crippen molar-refractivity contribution >= 4 is 10.1 Å². The van der Waals surface area contributed by atoms with Gasteiger partial charge in [0, 0.05) is 0 Å². The van der Waals surface area contributed by atoms with Crippen molar-refractivity contribution in [2.24, 2.45) is 0 Å². The van der Waals surface area contributed by atoms with Gasteiger partial charge in [-0.2, -0.15) is 0 Å². The zero-order valence-electron chi connectivity index (χ0n) is 11.0. The first kappa shape index (κ1) is 17.7. The maximum Gasteiger partial charge on any atom is 1.00 e. The summed E-state index contributed by atoms with van der Waals surface area (Å²) in [5.74, 6) is 0.0607. The van der Waals surface area contributed by atoms with Gasteiger partial charge in [0.1, 0.15) is 26.5 Å². The maximum absolute atomic E-state index is 11.1. The molecule has 0 N–H and O–H groups in total. The summed E-state index contributed by atoms with van der Waals surface area (Å²) >= 11 is 0. The molecular formula is C11H15NaO5S. The monoisotopic (exact) mass is 282 g/mol. The SMILES string of the molecule is CCCc1cc(OC)c(S(=O)(=O)[O-])c(OC)c1.[Na+]. The molecule has 0 atom stereocenters. The summed E-state index contributed by atoms with van der Waals surface area (Å²) in [5.41, 5.74) is 0.869. The molecule has 0 aliphatic heterocycles. The molecule has 0 aliphatic rings. The Bertz CT molecular complexity index is 473. The molecule has 5 nitrogen and oxygen atoms in total. The molecule has 0 fully saturated rings. The summed E-state index contributed by atoms with van der Waals surface area (Å²) in [5, 5.41) is 0. The van der Waals surface area contributed by atoms with E-state index in [2.05, 4.69) is 0 Å². The van der Waals surface area contributed by atoms with Gasteiger partial charge in [-0.25, -0.2) is 8.42 Å². The van der Waals surface area contributed by atoms with Crippen molar-refractivity contribution in [3.05, 3.63) is 17.7 Å². The molecule has 0 amide bonds. The average Bonchev–Trinajstić information content (AvgIpc) is 2.26. The Morgan fingerprint density at radius 1 is 1.17 bits per heavy atom. The molecule has 0 bridgehead atoms. The molecule has 0 saturated heterocycles. The van der Waals surface area contributed by atoms with Gasteiger partial charge in [-0.3, -0.25) is 0 Å². The van der Waals surface area contributed by atoms with Crippen LogP contribution in [-0.2, 0) is 16.5 Å². The van der Waals surface area contributed by atoms with E-state index in [0.29, 0.717) is 0 Å². The van der Waals surface area contributed by atoms with Gasteiger partial charge in [0.05, 0.1) is 14.2 Å². The van der Waals surface area contributed by atoms with Crippen LogP contribution in [0, 0.1) is 0 Å². The zero-order valence-corrected chi connectivity index (χ0v) is 13.8. The normalized spacial score (nSPS) is 10.7. The summed E-state index contributed by atoms with van der Waals surface area (Å²) in [6.07, 6.45) is 1.65. The van der Waals surface area contributed by atoms with Crippen LogP contribution in [0.15, 0.2) is 17.0 Å². The molecule has 0 radical (unpaired) electrons. The predicted molar refractivity (Wildman–Crippen MR) is 61.5 cm³/mol. The minimum atomic E-state index is -4.62. The summed E-state index contributed by atoms with van der Waals surface area (Å²) in [4.78, 5) is -0.442. The van der Waals surface area contributed by atoms with Crippen LogP contribution in [-0.4, -0.2) is 27.2 Å². The van der Waals surface area contributed by atoms with Gasteiger partial charge in [-0.15, -0.1) is 0 Å². The quantitative estimate of drug-likeness (QED) is 0.488. The molecule has 1 aromatic rings. The zero-order chi connectivity index (χ0) is 13.1. The Balaban J connectivity index is 0.00000289. The first-order valence-corrected chi connectivity index (χ1v) is 6.55. The molecular weight excluding hydrogens is 267 g/mol. The van der Waals surface area contributed by atoms with Gasteiger partial charge in [0.15, 0.2) is 0 Å². The predicted octanol–water partition coefficient (Wildman–Crippen LogP) is -1.44. The Morgan fingerprint density at radius 3 is 1.89 bits per heavy atom.